The highest BCUT2D eigenvalue weighted by molar-refractivity contribution is 7.89. The number of carbonyl (C=O) groups is 1. The molecular weight excluding hydrogens is 414 g/mol. The average molecular weight is 438 g/mol. The largest absolute Gasteiger partial charge is 0.494 e. The lowest BCUT2D eigenvalue weighted by atomic mass is 10.2. The summed E-state index contributed by atoms with van der Waals surface area (Å²) < 4.78 is 58.9. The molecule has 9 heteroatoms. The minimum atomic E-state index is -4.08. The number of sulfonamides is 1. The molecule has 2 aromatic carbocycles. The van der Waals surface area contributed by atoms with Crippen LogP contribution >= 0.6 is 0 Å². The maximum absolute atomic E-state index is 13.9. The second kappa shape index (κ2) is 9.53. The Morgan fingerprint density at radius 1 is 1.03 bits per heavy atom. The van der Waals surface area contributed by atoms with Crippen molar-refractivity contribution >= 4 is 15.9 Å². The number of halogens is 2. The standard InChI is InChI=1S/C21H24F2N2O4S/c1-16-4-7-18(8-5-16)29-14-2-3-21(26)24-10-12-25(13-11-24)30(27,28)20-9-6-17(22)15-19(20)23/h4-9,15H,2-3,10-14H2,1H3. The monoisotopic (exact) mass is 438 g/mol. The van der Waals surface area contributed by atoms with Gasteiger partial charge < -0.3 is 9.64 Å². The van der Waals surface area contributed by atoms with Gasteiger partial charge in [-0.15, -0.1) is 0 Å². The Bertz CT molecular complexity index is 989. The van der Waals surface area contributed by atoms with Crippen molar-refractivity contribution < 1.29 is 26.7 Å². The van der Waals surface area contributed by atoms with Gasteiger partial charge in [0.1, 0.15) is 22.3 Å². The fourth-order valence-corrected chi connectivity index (χ4v) is 4.67. The first-order chi connectivity index (χ1) is 14.3. The number of hydrogen-bond acceptors (Lipinski definition) is 4. The lowest BCUT2D eigenvalue weighted by Gasteiger charge is -2.34. The highest BCUT2D eigenvalue weighted by Gasteiger charge is 2.31. The fourth-order valence-electron chi connectivity index (χ4n) is 3.21. The van der Waals surface area contributed by atoms with Gasteiger partial charge in [0.25, 0.3) is 0 Å². The quantitative estimate of drug-likeness (QED) is 0.624. The van der Waals surface area contributed by atoms with E-state index < -0.39 is 26.6 Å². The number of carbonyl (C=O) groups excluding carboxylic acids is 1. The Morgan fingerprint density at radius 2 is 1.70 bits per heavy atom. The van der Waals surface area contributed by atoms with E-state index in [0.29, 0.717) is 25.5 Å². The van der Waals surface area contributed by atoms with Crippen molar-refractivity contribution in [3.63, 3.8) is 0 Å². The number of piperazine rings is 1. The molecule has 3 rings (SSSR count). The van der Waals surface area contributed by atoms with Gasteiger partial charge in [0.05, 0.1) is 6.61 Å². The molecule has 0 N–H and O–H groups in total. The molecule has 0 radical (unpaired) electrons. The van der Waals surface area contributed by atoms with Crippen molar-refractivity contribution in [1.29, 1.82) is 0 Å². The molecule has 0 aromatic heterocycles. The van der Waals surface area contributed by atoms with E-state index in [0.717, 1.165) is 27.8 Å². The van der Waals surface area contributed by atoms with Crippen LogP contribution < -0.4 is 4.74 Å². The third-order valence-corrected chi connectivity index (χ3v) is 6.86. The molecule has 6 nitrogen and oxygen atoms in total. The summed E-state index contributed by atoms with van der Waals surface area (Å²) in [5.74, 6) is -1.29. The number of nitrogens with zero attached hydrogens (tertiary/aromatic N) is 2. The summed E-state index contributed by atoms with van der Waals surface area (Å²) >= 11 is 0. The maximum Gasteiger partial charge on any atom is 0.246 e. The fraction of sp³-hybridized carbons (Fsp3) is 0.381. The number of ether oxygens (including phenoxy) is 1. The van der Waals surface area contributed by atoms with Crippen LogP contribution in [0.4, 0.5) is 8.78 Å². The van der Waals surface area contributed by atoms with Crippen molar-refractivity contribution in [2.24, 2.45) is 0 Å². The summed E-state index contributed by atoms with van der Waals surface area (Å²) in [6, 6.07) is 10.0. The number of hydrogen-bond donors (Lipinski definition) is 0. The minimum absolute atomic E-state index is 0.0603. The molecule has 1 aliphatic heterocycles. The summed E-state index contributed by atoms with van der Waals surface area (Å²) in [4.78, 5) is 13.4. The van der Waals surface area contributed by atoms with Gasteiger partial charge in [-0.2, -0.15) is 4.31 Å². The zero-order chi connectivity index (χ0) is 21.7. The zero-order valence-electron chi connectivity index (χ0n) is 16.7. The van der Waals surface area contributed by atoms with Crippen molar-refractivity contribution in [1.82, 2.24) is 9.21 Å². The first kappa shape index (κ1) is 22.2. The summed E-state index contributed by atoms with van der Waals surface area (Å²) in [5.41, 5.74) is 1.14. The van der Waals surface area contributed by atoms with Gasteiger partial charge in [-0.25, -0.2) is 17.2 Å². The Kier molecular flexibility index (Phi) is 7.04. The van der Waals surface area contributed by atoms with Crippen molar-refractivity contribution in [3.8, 4) is 5.75 Å². The number of benzene rings is 2. The van der Waals surface area contributed by atoms with Gasteiger partial charge >= 0.3 is 0 Å². The van der Waals surface area contributed by atoms with E-state index in [9.17, 15) is 22.0 Å². The lowest BCUT2D eigenvalue weighted by molar-refractivity contribution is -0.132. The van der Waals surface area contributed by atoms with Crippen molar-refractivity contribution in [2.45, 2.75) is 24.7 Å². The van der Waals surface area contributed by atoms with Crippen molar-refractivity contribution in [2.75, 3.05) is 32.8 Å². The first-order valence-electron chi connectivity index (χ1n) is 9.70. The van der Waals surface area contributed by atoms with Crippen LogP contribution in [-0.4, -0.2) is 56.3 Å². The van der Waals surface area contributed by atoms with Crippen LogP contribution in [0.3, 0.4) is 0 Å². The third kappa shape index (κ3) is 5.34. The van der Waals surface area contributed by atoms with E-state index in [1.165, 1.54) is 0 Å². The molecule has 1 aliphatic rings. The normalized spacial score (nSPS) is 15.2. The summed E-state index contributed by atoms with van der Waals surface area (Å²) in [6.07, 6.45) is 0.844. The van der Waals surface area contributed by atoms with Crippen LogP contribution in [0.5, 0.6) is 5.75 Å². The van der Waals surface area contributed by atoms with Gasteiger partial charge in [0.2, 0.25) is 15.9 Å². The van der Waals surface area contributed by atoms with E-state index in [4.69, 9.17) is 4.74 Å². The van der Waals surface area contributed by atoms with Crippen LogP contribution in [0, 0.1) is 18.6 Å². The van der Waals surface area contributed by atoms with Crippen LogP contribution in [0.2, 0.25) is 0 Å². The predicted octanol–water partition coefficient (Wildman–Crippen LogP) is 2.97. The molecule has 0 saturated carbocycles. The molecule has 1 heterocycles. The lowest BCUT2D eigenvalue weighted by Crippen LogP contribution is -2.50. The Labute approximate surface area is 175 Å². The smallest absolute Gasteiger partial charge is 0.246 e. The molecule has 1 saturated heterocycles. The SMILES string of the molecule is Cc1ccc(OCCCC(=O)N2CCN(S(=O)(=O)c3ccc(F)cc3F)CC2)cc1. The molecule has 0 aliphatic carbocycles. The van der Waals surface area contributed by atoms with E-state index in [2.05, 4.69) is 0 Å². The second-order valence-electron chi connectivity index (χ2n) is 7.12. The highest BCUT2D eigenvalue weighted by Crippen LogP contribution is 2.21. The van der Waals surface area contributed by atoms with Crippen LogP contribution in [0.1, 0.15) is 18.4 Å². The van der Waals surface area contributed by atoms with Gasteiger partial charge in [0.15, 0.2) is 0 Å². The molecule has 30 heavy (non-hydrogen) atoms. The van der Waals surface area contributed by atoms with Crippen LogP contribution in [0.25, 0.3) is 0 Å². The Hall–Kier alpha value is -2.52. The molecule has 2 aromatic rings. The number of amides is 1. The van der Waals surface area contributed by atoms with Gasteiger partial charge in [-0.3, -0.25) is 4.79 Å². The van der Waals surface area contributed by atoms with Crippen LogP contribution in [-0.2, 0) is 14.8 Å². The average Bonchev–Trinajstić information content (AvgIpc) is 2.72. The summed E-state index contributed by atoms with van der Waals surface area (Å²) in [7, 11) is -4.08. The van der Waals surface area contributed by atoms with Gasteiger partial charge in [-0.05, 0) is 37.6 Å². The maximum atomic E-state index is 13.9. The van der Waals surface area contributed by atoms with E-state index in [1.54, 1.807) is 4.90 Å². The van der Waals surface area contributed by atoms with E-state index in [1.807, 2.05) is 31.2 Å². The van der Waals surface area contributed by atoms with E-state index >= 15 is 0 Å². The van der Waals surface area contributed by atoms with Crippen LogP contribution in [0.15, 0.2) is 47.4 Å². The summed E-state index contributed by atoms with van der Waals surface area (Å²) in [6.45, 7) is 2.96. The number of rotatable bonds is 7. The predicted molar refractivity (Wildman–Crippen MR) is 108 cm³/mol. The second-order valence-corrected chi connectivity index (χ2v) is 9.03. The molecule has 162 valence electrons. The highest BCUT2D eigenvalue weighted by atomic mass is 32.2. The zero-order valence-corrected chi connectivity index (χ0v) is 17.5. The Morgan fingerprint density at radius 3 is 2.33 bits per heavy atom. The molecule has 1 fully saturated rings. The molecular formula is C21H24F2N2O4S. The minimum Gasteiger partial charge on any atom is -0.494 e. The Balaban J connectivity index is 1.46. The number of aryl methyl sites for hydroxylation is 1. The third-order valence-electron chi connectivity index (χ3n) is 4.93. The van der Waals surface area contributed by atoms with Crippen molar-refractivity contribution in [3.05, 3.63) is 59.7 Å². The molecule has 1 amide bonds. The van der Waals surface area contributed by atoms with Gasteiger partial charge in [-0.1, -0.05) is 17.7 Å². The van der Waals surface area contributed by atoms with E-state index in [-0.39, 0.29) is 32.1 Å². The molecule has 0 spiro atoms. The molecule has 0 bridgehead atoms. The molecule has 0 atom stereocenters. The molecule has 0 unspecified atom stereocenters. The first-order valence-corrected chi connectivity index (χ1v) is 11.1. The van der Waals surface area contributed by atoms with Gasteiger partial charge in [0, 0.05) is 38.7 Å². The topological polar surface area (TPSA) is 66.9 Å². The summed E-state index contributed by atoms with van der Waals surface area (Å²) in [5, 5.41) is 0.